The summed E-state index contributed by atoms with van der Waals surface area (Å²) in [6.45, 7) is 0. The third-order valence-corrected chi connectivity index (χ3v) is 4.96. The van der Waals surface area contributed by atoms with Crippen LogP contribution in [0.4, 0.5) is 0 Å². The highest BCUT2D eigenvalue weighted by atomic mass is 79.9. The monoisotopic (exact) mass is 427 g/mol. The predicted octanol–water partition coefficient (Wildman–Crippen LogP) is 4.86. The van der Waals surface area contributed by atoms with Crippen LogP contribution in [0.1, 0.15) is 22.5 Å². The maximum atomic E-state index is 4.76. The molecule has 3 aromatic carbocycles. The first-order valence-electron chi connectivity index (χ1n) is 8.99. The topological polar surface area (TPSA) is 30.7 Å². The largest absolute Gasteiger partial charge is 0.232 e. The summed E-state index contributed by atoms with van der Waals surface area (Å²) in [6.07, 6.45) is 1.77. The lowest BCUT2D eigenvalue weighted by Gasteiger charge is -2.35. The highest BCUT2D eigenvalue weighted by Crippen LogP contribution is 2.39. The first-order chi connectivity index (χ1) is 13.9. The van der Waals surface area contributed by atoms with Gasteiger partial charge in [-0.3, -0.25) is 0 Å². The molecular formula is C24H18BrN3. The van der Waals surface area contributed by atoms with Gasteiger partial charge in [-0.1, -0.05) is 113 Å². The zero-order valence-electron chi connectivity index (χ0n) is 15.2. The van der Waals surface area contributed by atoms with Gasteiger partial charge in [0.05, 0.1) is 5.33 Å². The van der Waals surface area contributed by atoms with Crippen LogP contribution in [0.25, 0.3) is 0 Å². The molecule has 4 aromatic rings. The van der Waals surface area contributed by atoms with Gasteiger partial charge in [0.1, 0.15) is 11.9 Å². The molecule has 4 rings (SSSR count). The summed E-state index contributed by atoms with van der Waals surface area (Å²) in [5.74, 6) is 6.48. The van der Waals surface area contributed by atoms with E-state index < -0.39 is 5.54 Å². The van der Waals surface area contributed by atoms with Gasteiger partial charge in [0.2, 0.25) is 5.82 Å². The van der Waals surface area contributed by atoms with Gasteiger partial charge < -0.3 is 0 Å². The van der Waals surface area contributed by atoms with E-state index in [0.717, 1.165) is 16.7 Å². The van der Waals surface area contributed by atoms with Crippen molar-refractivity contribution in [2.24, 2.45) is 0 Å². The first-order valence-corrected chi connectivity index (χ1v) is 10.1. The number of halogens is 1. The van der Waals surface area contributed by atoms with Crippen LogP contribution in [-0.2, 0) is 5.54 Å². The minimum absolute atomic E-state index is 0.506. The van der Waals surface area contributed by atoms with Gasteiger partial charge in [0.15, 0.2) is 0 Å². The highest BCUT2D eigenvalue weighted by molar-refractivity contribution is 9.09. The van der Waals surface area contributed by atoms with Crippen LogP contribution >= 0.6 is 15.9 Å². The quantitative estimate of drug-likeness (QED) is 0.264. The lowest BCUT2D eigenvalue weighted by molar-refractivity contribution is 0.458. The van der Waals surface area contributed by atoms with Gasteiger partial charge in [-0.15, -0.1) is 5.10 Å². The van der Waals surface area contributed by atoms with Crippen LogP contribution in [0.15, 0.2) is 97.3 Å². The van der Waals surface area contributed by atoms with Crippen molar-refractivity contribution < 1.29 is 0 Å². The number of benzene rings is 3. The van der Waals surface area contributed by atoms with E-state index in [0.29, 0.717) is 11.2 Å². The number of rotatable bonds is 4. The fourth-order valence-electron chi connectivity index (χ4n) is 3.53. The van der Waals surface area contributed by atoms with Crippen molar-refractivity contribution in [3.8, 4) is 11.8 Å². The summed E-state index contributed by atoms with van der Waals surface area (Å²) in [5.41, 5.74) is 2.68. The molecule has 0 aliphatic heterocycles. The summed E-state index contributed by atoms with van der Waals surface area (Å²) in [4.78, 5) is 4.45. The Balaban J connectivity index is 2.06. The fraction of sp³-hybridized carbons (Fsp3) is 0.0833. The Morgan fingerprint density at radius 3 is 1.64 bits per heavy atom. The fourth-order valence-corrected chi connectivity index (χ4v) is 3.67. The van der Waals surface area contributed by atoms with Crippen molar-refractivity contribution in [3.05, 3.63) is 120 Å². The molecule has 28 heavy (non-hydrogen) atoms. The molecule has 0 atom stereocenters. The van der Waals surface area contributed by atoms with E-state index in [4.69, 9.17) is 5.10 Å². The van der Waals surface area contributed by atoms with Crippen LogP contribution in [0.5, 0.6) is 0 Å². The van der Waals surface area contributed by atoms with Gasteiger partial charge in [-0.25, -0.2) is 9.67 Å². The average Bonchev–Trinajstić information content (AvgIpc) is 3.24. The second kappa shape index (κ2) is 8.24. The molecule has 3 nitrogen and oxygen atoms in total. The molecule has 0 saturated carbocycles. The van der Waals surface area contributed by atoms with E-state index in [-0.39, 0.29) is 0 Å². The minimum atomic E-state index is -0.648. The van der Waals surface area contributed by atoms with E-state index in [2.05, 4.69) is 106 Å². The Labute approximate surface area is 173 Å². The summed E-state index contributed by atoms with van der Waals surface area (Å²) in [7, 11) is 0. The molecule has 0 bridgehead atoms. The van der Waals surface area contributed by atoms with Crippen molar-refractivity contribution in [1.82, 2.24) is 14.8 Å². The molecular weight excluding hydrogens is 410 g/mol. The van der Waals surface area contributed by atoms with Crippen LogP contribution in [0.2, 0.25) is 0 Å². The van der Waals surface area contributed by atoms with E-state index in [9.17, 15) is 0 Å². The van der Waals surface area contributed by atoms with Gasteiger partial charge in [0, 0.05) is 0 Å². The van der Waals surface area contributed by atoms with Crippen LogP contribution in [0.3, 0.4) is 0 Å². The molecule has 0 spiro atoms. The van der Waals surface area contributed by atoms with Crippen molar-refractivity contribution in [2.45, 2.75) is 5.54 Å². The van der Waals surface area contributed by atoms with Gasteiger partial charge in [-0.05, 0) is 22.6 Å². The van der Waals surface area contributed by atoms with Gasteiger partial charge in [-0.2, -0.15) is 0 Å². The lowest BCUT2D eigenvalue weighted by Crippen LogP contribution is -2.38. The average molecular weight is 428 g/mol. The van der Waals surface area contributed by atoms with Gasteiger partial charge >= 0.3 is 0 Å². The molecule has 0 N–H and O–H groups in total. The summed E-state index contributed by atoms with van der Waals surface area (Å²) in [6, 6.07) is 31.2. The van der Waals surface area contributed by atoms with E-state index in [1.807, 2.05) is 22.9 Å². The molecule has 4 heteroatoms. The van der Waals surface area contributed by atoms with Crippen molar-refractivity contribution >= 4 is 15.9 Å². The second-order valence-electron chi connectivity index (χ2n) is 6.26. The summed E-state index contributed by atoms with van der Waals surface area (Å²) >= 11 is 3.33. The molecule has 1 heterocycles. The Morgan fingerprint density at radius 2 is 1.21 bits per heavy atom. The maximum Gasteiger partial charge on any atom is 0.225 e. The van der Waals surface area contributed by atoms with Crippen molar-refractivity contribution in [1.29, 1.82) is 0 Å². The Kier molecular flexibility index (Phi) is 5.36. The number of hydrogen-bond donors (Lipinski definition) is 0. The Hall–Kier alpha value is -3.16. The SMILES string of the molecule is BrCC#Cc1ncn(C(c2ccccc2)(c2ccccc2)c2ccccc2)n1. The Morgan fingerprint density at radius 1 is 0.750 bits per heavy atom. The predicted molar refractivity (Wildman–Crippen MR) is 115 cm³/mol. The first kappa shape index (κ1) is 18.2. The number of alkyl halides is 1. The molecule has 0 fully saturated rings. The molecule has 0 aliphatic rings. The van der Waals surface area contributed by atoms with E-state index >= 15 is 0 Å². The number of aromatic nitrogens is 3. The Bertz CT molecular complexity index is 997. The number of nitrogens with zero attached hydrogens (tertiary/aromatic N) is 3. The van der Waals surface area contributed by atoms with Crippen LogP contribution < -0.4 is 0 Å². The highest BCUT2D eigenvalue weighted by Gasteiger charge is 2.39. The van der Waals surface area contributed by atoms with E-state index in [1.54, 1.807) is 6.33 Å². The third kappa shape index (κ3) is 3.26. The summed E-state index contributed by atoms with van der Waals surface area (Å²) in [5, 5.41) is 5.35. The smallest absolute Gasteiger partial charge is 0.225 e. The van der Waals surface area contributed by atoms with Gasteiger partial charge in [0.25, 0.3) is 0 Å². The van der Waals surface area contributed by atoms with E-state index in [1.165, 1.54) is 0 Å². The molecule has 0 unspecified atom stereocenters. The third-order valence-electron chi connectivity index (χ3n) is 4.68. The standard InChI is InChI=1S/C24H18BrN3/c25-18-10-17-23-26-19-28(27-23)24(20-11-4-1-5-12-20,21-13-6-2-7-14-21)22-15-8-3-9-16-22/h1-9,11-16,19H,18H2. The molecule has 0 amide bonds. The lowest BCUT2D eigenvalue weighted by atomic mass is 9.77. The zero-order valence-corrected chi connectivity index (χ0v) is 16.8. The van der Waals surface area contributed by atoms with Crippen LogP contribution in [0, 0.1) is 11.8 Å². The minimum Gasteiger partial charge on any atom is -0.232 e. The molecule has 1 aromatic heterocycles. The molecule has 0 aliphatic carbocycles. The maximum absolute atomic E-state index is 4.76. The van der Waals surface area contributed by atoms with Crippen molar-refractivity contribution in [2.75, 3.05) is 5.33 Å². The summed E-state index contributed by atoms with van der Waals surface area (Å²) < 4.78 is 1.92. The van der Waals surface area contributed by atoms with Crippen LogP contribution in [-0.4, -0.2) is 20.1 Å². The normalized spacial score (nSPS) is 10.9. The number of hydrogen-bond acceptors (Lipinski definition) is 2. The molecule has 0 radical (unpaired) electrons. The second-order valence-corrected chi connectivity index (χ2v) is 6.82. The zero-order chi connectivity index (χ0) is 19.2. The molecule has 136 valence electrons. The van der Waals surface area contributed by atoms with Crippen molar-refractivity contribution in [3.63, 3.8) is 0 Å². The molecule has 0 saturated heterocycles.